The van der Waals surface area contributed by atoms with Crippen LogP contribution in [0.5, 0.6) is 0 Å². The number of hydrogen-bond donors (Lipinski definition) is 1. The number of benzene rings is 2. The second-order valence-electron chi connectivity index (χ2n) is 6.00. The van der Waals surface area contributed by atoms with E-state index in [0.29, 0.717) is 6.04 Å². The van der Waals surface area contributed by atoms with Crippen LogP contribution in [0, 0.1) is 0 Å². The topological polar surface area (TPSA) is 15.3 Å². The van der Waals surface area contributed by atoms with Crippen LogP contribution in [0.15, 0.2) is 48.5 Å². The highest BCUT2D eigenvalue weighted by Gasteiger charge is 2.13. The Labute approximate surface area is 127 Å². The summed E-state index contributed by atoms with van der Waals surface area (Å²) in [6.45, 7) is 4.32. The second-order valence-corrected chi connectivity index (χ2v) is 6.00. The van der Waals surface area contributed by atoms with Crippen molar-refractivity contribution in [2.24, 2.45) is 0 Å². The van der Waals surface area contributed by atoms with Crippen molar-refractivity contribution >= 4 is 5.69 Å². The largest absolute Gasteiger partial charge is 0.374 e. The number of anilines is 1. The minimum absolute atomic E-state index is 0.380. The lowest BCUT2D eigenvalue weighted by molar-refractivity contribution is 0.574. The van der Waals surface area contributed by atoms with Crippen LogP contribution in [-0.2, 0) is 13.0 Å². The van der Waals surface area contributed by atoms with Gasteiger partial charge in [0, 0.05) is 31.9 Å². The van der Waals surface area contributed by atoms with Gasteiger partial charge in [-0.2, -0.15) is 0 Å². The summed E-state index contributed by atoms with van der Waals surface area (Å²) < 4.78 is 0. The van der Waals surface area contributed by atoms with Crippen LogP contribution in [0.1, 0.15) is 36.1 Å². The summed E-state index contributed by atoms with van der Waals surface area (Å²) in [5, 5.41) is 3.62. The summed E-state index contributed by atoms with van der Waals surface area (Å²) in [4.78, 5) is 2.36. The Morgan fingerprint density at radius 3 is 2.76 bits per heavy atom. The van der Waals surface area contributed by atoms with Crippen LogP contribution >= 0.6 is 0 Å². The van der Waals surface area contributed by atoms with Crippen molar-refractivity contribution in [2.75, 3.05) is 18.5 Å². The summed E-state index contributed by atoms with van der Waals surface area (Å²) in [6, 6.07) is 17.9. The lowest BCUT2D eigenvalue weighted by atomic mass is 9.99. The molecular formula is C19H24N2. The number of nitrogens with zero attached hydrogens (tertiary/aromatic N) is 1. The van der Waals surface area contributed by atoms with E-state index in [9.17, 15) is 0 Å². The van der Waals surface area contributed by atoms with Gasteiger partial charge in [-0.25, -0.2) is 0 Å². The molecule has 0 fully saturated rings. The molecule has 21 heavy (non-hydrogen) atoms. The first-order valence-electron chi connectivity index (χ1n) is 7.85. The van der Waals surface area contributed by atoms with Crippen molar-refractivity contribution < 1.29 is 0 Å². The summed E-state index contributed by atoms with van der Waals surface area (Å²) in [5.41, 5.74) is 5.62. The van der Waals surface area contributed by atoms with Gasteiger partial charge in [0.15, 0.2) is 0 Å². The molecule has 0 radical (unpaired) electrons. The molecule has 1 unspecified atom stereocenters. The predicted octanol–water partition coefficient (Wildman–Crippen LogP) is 3.92. The van der Waals surface area contributed by atoms with Gasteiger partial charge in [-0.3, -0.25) is 0 Å². The van der Waals surface area contributed by atoms with E-state index in [-0.39, 0.29) is 0 Å². The number of aryl methyl sites for hydroxylation is 1. The van der Waals surface area contributed by atoms with E-state index >= 15 is 0 Å². The number of nitrogens with one attached hydrogen (secondary N) is 1. The molecule has 3 rings (SSSR count). The first-order valence-corrected chi connectivity index (χ1v) is 7.85. The third kappa shape index (κ3) is 3.27. The average Bonchev–Trinajstić information content (AvgIpc) is 2.53. The maximum absolute atomic E-state index is 3.62. The molecule has 0 amide bonds. The Morgan fingerprint density at radius 1 is 1.14 bits per heavy atom. The average molecular weight is 280 g/mol. The Balaban J connectivity index is 1.66. The third-order valence-electron chi connectivity index (χ3n) is 4.41. The van der Waals surface area contributed by atoms with Crippen LogP contribution in [0.4, 0.5) is 5.69 Å². The summed E-state index contributed by atoms with van der Waals surface area (Å²) >= 11 is 0. The zero-order valence-corrected chi connectivity index (χ0v) is 13.0. The van der Waals surface area contributed by atoms with E-state index < -0.39 is 0 Å². The molecular weight excluding hydrogens is 256 g/mol. The fraction of sp³-hybridized carbons (Fsp3) is 0.368. The molecule has 1 aliphatic rings. The van der Waals surface area contributed by atoms with E-state index in [1.54, 1.807) is 0 Å². The van der Waals surface area contributed by atoms with Crippen molar-refractivity contribution in [3.63, 3.8) is 0 Å². The van der Waals surface area contributed by atoms with Crippen LogP contribution in [0.2, 0.25) is 0 Å². The highest BCUT2D eigenvalue weighted by atomic mass is 15.1. The van der Waals surface area contributed by atoms with Gasteiger partial charge in [-0.05, 0) is 42.5 Å². The van der Waals surface area contributed by atoms with Crippen LogP contribution in [-0.4, -0.2) is 13.6 Å². The van der Waals surface area contributed by atoms with Gasteiger partial charge >= 0.3 is 0 Å². The normalized spacial score (nSPS) is 15.6. The highest BCUT2D eigenvalue weighted by Crippen LogP contribution is 2.27. The number of hydrogen-bond acceptors (Lipinski definition) is 2. The van der Waals surface area contributed by atoms with Crippen molar-refractivity contribution in [2.45, 2.75) is 32.4 Å². The lowest BCUT2D eigenvalue weighted by Crippen LogP contribution is -2.25. The number of fused-ring (bicyclic) bond motifs is 1. The van der Waals surface area contributed by atoms with Gasteiger partial charge in [0.1, 0.15) is 0 Å². The SMILES string of the molecule is CC(NCc1ccc2c(c1)CCCN2C)c1ccccc1. The van der Waals surface area contributed by atoms with Gasteiger partial charge < -0.3 is 10.2 Å². The molecule has 0 aromatic heterocycles. The Kier molecular flexibility index (Phi) is 4.26. The first kappa shape index (κ1) is 14.2. The molecule has 110 valence electrons. The van der Waals surface area contributed by atoms with Crippen molar-refractivity contribution in [3.05, 3.63) is 65.2 Å². The fourth-order valence-corrected chi connectivity index (χ4v) is 3.08. The molecule has 1 aliphatic heterocycles. The molecule has 2 aromatic rings. The van der Waals surface area contributed by atoms with E-state index in [1.807, 2.05) is 0 Å². The molecule has 2 nitrogen and oxygen atoms in total. The molecule has 0 aliphatic carbocycles. The van der Waals surface area contributed by atoms with Crippen LogP contribution in [0.3, 0.4) is 0 Å². The summed E-state index contributed by atoms with van der Waals surface area (Å²) in [5.74, 6) is 0. The maximum Gasteiger partial charge on any atom is 0.0396 e. The monoisotopic (exact) mass is 280 g/mol. The summed E-state index contributed by atoms with van der Waals surface area (Å²) in [7, 11) is 2.19. The van der Waals surface area contributed by atoms with Crippen LogP contribution in [0.25, 0.3) is 0 Å². The molecule has 0 saturated heterocycles. The van der Waals surface area contributed by atoms with E-state index in [0.717, 1.165) is 6.54 Å². The molecule has 2 heteroatoms. The predicted molar refractivity (Wildman–Crippen MR) is 89.7 cm³/mol. The zero-order valence-electron chi connectivity index (χ0n) is 13.0. The molecule has 0 saturated carbocycles. The first-order chi connectivity index (χ1) is 10.2. The minimum Gasteiger partial charge on any atom is -0.374 e. The van der Waals surface area contributed by atoms with Crippen molar-refractivity contribution in [3.8, 4) is 0 Å². The van der Waals surface area contributed by atoms with Gasteiger partial charge in [0.25, 0.3) is 0 Å². The molecule has 1 atom stereocenters. The van der Waals surface area contributed by atoms with Gasteiger partial charge in [-0.1, -0.05) is 42.5 Å². The second kappa shape index (κ2) is 6.31. The highest BCUT2D eigenvalue weighted by molar-refractivity contribution is 5.56. The zero-order chi connectivity index (χ0) is 14.7. The summed E-state index contributed by atoms with van der Waals surface area (Å²) in [6.07, 6.45) is 2.47. The fourth-order valence-electron chi connectivity index (χ4n) is 3.08. The van der Waals surface area contributed by atoms with Gasteiger partial charge in [0.2, 0.25) is 0 Å². The Hall–Kier alpha value is -1.80. The number of rotatable bonds is 4. The smallest absolute Gasteiger partial charge is 0.0396 e. The minimum atomic E-state index is 0.380. The Morgan fingerprint density at radius 2 is 1.95 bits per heavy atom. The standard InChI is InChI=1S/C19H24N2/c1-15(17-7-4-3-5-8-17)20-14-16-10-11-19-18(13-16)9-6-12-21(19)2/h3-5,7-8,10-11,13,15,20H,6,9,12,14H2,1-2H3. The molecule has 2 aromatic carbocycles. The van der Waals surface area contributed by atoms with E-state index in [1.165, 1.54) is 41.8 Å². The molecule has 1 heterocycles. The molecule has 0 bridgehead atoms. The third-order valence-corrected chi connectivity index (χ3v) is 4.41. The Bertz CT molecular complexity index is 592. The van der Waals surface area contributed by atoms with Gasteiger partial charge in [0.05, 0.1) is 0 Å². The van der Waals surface area contributed by atoms with E-state index in [2.05, 4.69) is 72.7 Å². The van der Waals surface area contributed by atoms with Crippen molar-refractivity contribution in [1.82, 2.24) is 5.32 Å². The van der Waals surface area contributed by atoms with Crippen LogP contribution < -0.4 is 10.2 Å². The molecule has 1 N–H and O–H groups in total. The van der Waals surface area contributed by atoms with Gasteiger partial charge in [-0.15, -0.1) is 0 Å². The quantitative estimate of drug-likeness (QED) is 0.913. The van der Waals surface area contributed by atoms with Crippen molar-refractivity contribution in [1.29, 1.82) is 0 Å². The van der Waals surface area contributed by atoms with E-state index in [4.69, 9.17) is 0 Å². The lowest BCUT2D eigenvalue weighted by Gasteiger charge is -2.28. The molecule has 0 spiro atoms. The maximum atomic E-state index is 3.62.